The molecule has 0 atom stereocenters. The van der Waals surface area contributed by atoms with Gasteiger partial charge in [0.1, 0.15) is 5.82 Å². The maximum absolute atomic E-state index is 13.5. The van der Waals surface area contributed by atoms with E-state index in [1.165, 1.54) is 23.1 Å². The zero-order valence-electron chi connectivity index (χ0n) is 15.2. The predicted molar refractivity (Wildman–Crippen MR) is 106 cm³/mol. The lowest BCUT2D eigenvalue weighted by atomic mass is 10.1. The Hall–Kier alpha value is -3.33. The second kappa shape index (κ2) is 7.83. The number of fused-ring (bicyclic) bond motifs is 1. The number of benzene rings is 2. The van der Waals surface area contributed by atoms with E-state index in [0.717, 1.165) is 35.6 Å². The topological polar surface area (TPSA) is 46.1 Å². The molecule has 0 aliphatic rings. The van der Waals surface area contributed by atoms with Crippen LogP contribution in [0, 0.1) is 5.82 Å². The molecule has 0 fully saturated rings. The monoisotopic (exact) mass is 431 g/mol. The van der Waals surface area contributed by atoms with Crippen LogP contribution in [0.25, 0.3) is 10.2 Å². The Balaban J connectivity index is 1.73. The van der Waals surface area contributed by atoms with Crippen molar-refractivity contribution in [1.82, 2.24) is 9.97 Å². The minimum atomic E-state index is -4.49. The molecule has 30 heavy (non-hydrogen) atoms. The molecule has 0 aliphatic heterocycles. The fourth-order valence-electron chi connectivity index (χ4n) is 2.84. The Morgan fingerprint density at radius 2 is 1.80 bits per heavy atom. The highest BCUT2D eigenvalue weighted by molar-refractivity contribution is 7.22. The standard InChI is InChI=1S/C21H13F4N3OS/c22-15-8-9-17-18(11-15)30-20(27-17)28(12-16-3-1-2-10-26-16)19(29)13-4-6-14(7-5-13)21(23,24)25/h1-11H,12H2. The summed E-state index contributed by atoms with van der Waals surface area (Å²) < 4.78 is 52.6. The number of alkyl halides is 3. The van der Waals surface area contributed by atoms with Crippen molar-refractivity contribution in [2.45, 2.75) is 12.7 Å². The first-order valence-corrected chi connectivity index (χ1v) is 9.58. The average Bonchev–Trinajstić information content (AvgIpc) is 3.14. The smallest absolute Gasteiger partial charge is 0.278 e. The molecule has 2 aromatic heterocycles. The molecular weight excluding hydrogens is 418 g/mol. The Labute approximate surface area is 172 Å². The summed E-state index contributed by atoms with van der Waals surface area (Å²) in [5.41, 5.74) is 0.320. The summed E-state index contributed by atoms with van der Waals surface area (Å²) in [6.45, 7) is 0.0585. The molecule has 2 heterocycles. The number of thiazole rings is 1. The van der Waals surface area contributed by atoms with Gasteiger partial charge >= 0.3 is 6.18 Å². The molecule has 0 saturated carbocycles. The number of carbonyl (C=O) groups excluding carboxylic acids is 1. The van der Waals surface area contributed by atoms with Crippen LogP contribution >= 0.6 is 11.3 Å². The molecule has 4 nitrogen and oxygen atoms in total. The van der Waals surface area contributed by atoms with Crippen molar-refractivity contribution < 1.29 is 22.4 Å². The summed E-state index contributed by atoms with van der Waals surface area (Å²) in [5, 5.41) is 0.297. The summed E-state index contributed by atoms with van der Waals surface area (Å²) in [5.74, 6) is -0.961. The van der Waals surface area contributed by atoms with Gasteiger partial charge < -0.3 is 0 Å². The number of aromatic nitrogens is 2. The quantitative estimate of drug-likeness (QED) is 0.390. The van der Waals surface area contributed by atoms with Gasteiger partial charge in [-0.3, -0.25) is 14.7 Å². The third-order valence-corrected chi connectivity index (χ3v) is 5.36. The molecule has 1 amide bonds. The van der Waals surface area contributed by atoms with Gasteiger partial charge in [-0.05, 0) is 54.6 Å². The number of nitrogens with zero attached hydrogens (tertiary/aromatic N) is 3. The maximum atomic E-state index is 13.5. The number of hydrogen-bond donors (Lipinski definition) is 0. The Morgan fingerprint density at radius 3 is 2.47 bits per heavy atom. The van der Waals surface area contributed by atoms with Crippen molar-refractivity contribution in [3.05, 3.63) is 89.5 Å². The van der Waals surface area contributed by atoms with Crippen LogP contribution in [-0.2, 0) is 12.7 Å². The van der Waals surface area contributed by atoms with Crippen molar-refractivity contribution in [3.8, 4) is 0 Å². The first-order chi connectivity index (χ1) is 14.3. The molecule has 4 aromatic rings. The maximum Gasteiger partial charge on any atom is 0.416 e. The molecule has 0 unspecified atom stereocenters. The molecule has 0 N–H and O–H groups in total. The second-order valence-corrected chi connectivity index (χ2v) is 7.41. The summed E-state index contributed by atoms with van der Waals surface area (Å²) >= 11 is 1.12. The van der Waals surface area contributed by atoms with Gasteiger partial charge in [0.2, 0.25) is 0 Å². The van der Waals surface area contributed by atoms with E-state index in [9.17, 15) is 22.4 Å². The van der Waals surface area contributed by atoms with Crippen LogP contribution in [0.4, 0.5) is 22.7 Å². The van der Waals surface area contributed by atoms with Gasteiger partial charge in [-0.1, -0.05) is 17.4 Å². The zero-order chi connectivity index (χ0) is 21.3. The number of carbonyl (C=O) groups is 1. The summed E-state index contributed by atoms with van der Waals surface area (Å²) in [6, 6.07) is 13.3. The largest absolute Gasteiger partial charge is 0.416 e. The van der Waals surface area contributed by atoms with E-state index in [0.29, 0.717) is 21.0 Å². The van der Waals surface area contributed by atoms with E-state index in [2.05, 4.69) is 9.97 Å². The molecule has 4 rings (SSSR count). The molecular formula is C21H13F4N3OS. The third kappa shape index (κ3) is 4.16. The van der Waals surface area contributed by atoms with E-state index in [1.54, 1.807) is 24.4 Å². The van der Waals surface area contributed by atoms with Gasteiger partial charge in [0, 0.05) is 11.8 Å². The highest BCUT2D eigenvalue weighted by Gasteiger charge is 2.31. The molecule has 0 spiro atoms. The van der Waals surface area contributed by atoms with E-state index in [4.69, 9.17) is 0 Å². The van der Waals surface area contributed by atoms with Crippen molar-refractivity contribution in [2.24, 2.45) is 0 Å². The molecule has 0 bridgehead atoms. The second-order valence-electron chi connectivity index (χ2n) is 6.40. The highest BCUT2D eigenvalue weighted by atomic mass is 32.1. The molecule has 2 aromatic carbocycles. The Bertz CT molecular complexity index is 1190. The average molecular weight is 431 g/mol. The number of anilines is 1. The fraction of sp³-hybridized carbons (Fsp3) is 0.0952. The first kappa shape index (κ1) is 20.0. The van der Waals surface area contributed by atoms with Crippen molar-refractivity contribution in [2.75, 3.05) is 4.90 Å². The van der Waals surface area contributed by atoms with E-state index in [-0.39, 0.29) is 12.1 Å². The van der Waals surface area contributed by atoms with Gasteiger partial charge in [-0.15, -0.1) is 0 Å². The number of hydrogen-bond acceptors (Lipinski definition) is 4. The Kier molecular flexibility index (Phi) is 5.21. The van der Waals surface area contributed by atoms with Crippen molar-refractivity contribution in [1.29, 1.82) is 0 Å². The fourth-order valence-corrected chi connectivity index (χ4v) is 3.83. The number of halogens is 4. The van der Waals surface area contributed by atoms with Crippen LogP contribution in [0.1, 0.15) is 21.6 Å². The highest BCUT2D eigenvalue weighted by Crippen LogP contribution is 2.32. The lowest BCUT2D eigenvalue weighted by Gasteiger charge is -2.20. The summed E-state index contributed by atoms with van der Waals surface area (Å²) in [4.78, 5) is 23.1. The molecule has 152 valence electrons. The van der Waals surface area contributed by atoms with Gasteiger partial charge in [0.05, 0.1) is 28.0 Å². The first-order valence-electron chi connectivity index (χ1n) is 8.76. The van der Waals surface area contributed by atoms with Crippen LogP contribution in [-0.4, -0.2) is 15.9 Å². The van der Waals surface area contributed by atoms with Crippen LogP contribution in [0.15, 0.2) is 66.9 Å². The summed E-state index contributed by atoms with van der Waals surface area (Å²) in [6.07, 6.45) is -2.92. The van der Waals surface area contributed by atoms with Crippen LogP contribution in [0.5, 0.6) is 0 Å². The van der Waals surface area contributed by atoms with E-state index < -0.39 is 23.5 Å². The molecule has 0 saturated heterocycles. The minimum absolute atomic E-state index is 0.0585. The van der Waals surface area contributed by atoms with Gasteiger partial charge in [0.15, 0.2) is 5.13 Å². The molecule has 0 radical (unpaired) electrons. The third-order valence-electron chi connectivity index (χ3n) is 4.32. The molecule has 9 heteroatoms. The van der Waals surface area contributed by atoms with Crippen LogP contribution in [0.2, 0.25) is 0 Å². The minimum Gasteiger partial charge on any atom is -0.278 e. The van der Waals surface area contributed by atoms with Crippen LogP contribution < -0.4 is 4.90 Å². The van der Waals surface area contributed by atoms with Gasteiger partial charge in [-0.2, -0.15) is 13.2 Å². The number of rotatable bonds is 4. The van der Waals surface area contributed by atoms with Crippen molar-refractivity contribution in [3.63, 3.8) is 0 Å². The summed E-state index contributed by atoms with van der Waals surface area (Å²) in [7, 11) is 0. The lowest BCUT2D eigenvalue weighted by Crippen LogP contribution is -2.30. The SMILES string of the molecule is O=C(c1ccc(C(F)(F)F)cc1)N(Cc1ccccn1)c1nc2ccc(F)cc2s1. The number of amides is 1. The normalized spacial score (nSPS) is 11.6. The van der Waals surface area contributed by atoms with E-state index >= 15 is 0 Å². The van der Waals surface area contributed by atoms with Gasteiger partial charge in [0.25, 0.3) is 5.91 Å². The van der Waals surface area contributed by atoms with Crippen molar-refractivity contribution >= 4 is 32.6 Å². The van der Waals surface area contributed by atoms with E-state index in [1.807, 2.05) is 0 Å². The van der Waals surface area contributed by atoms with Crippen LogP contribution in [0.3, 0.4) is 0 Å². The molecule has 0 aliphatic carbocycles. The Morgan fingerprint density at radius 1 is 1.03 bits per heavy atom. The predicted octanol–water partition coefficient (Wildman–Crippen LogP) is 5.70. The van der Waals surface area contributed by atoms with Gasteiger partial charge in [-0.25, -0.2) is 9.37 Å². The zero-order valence-corrected chi connectivity index (χ0v) is 16.0. The lowest BCUT2D eigenvalue weighted by molar-refractivity contribution is -0.137. The number of pyridine rings is 1.